The maximum Gasteiger partial charge on any atom is 0.416 e. The van der Waals surface area contributed by atoms with Crippen LogP contribution in [0.3, 0.4) is 0 Å². The molecule has 0 fully saturated rings. The van der Waals surface area contributed by atoms with E-state index in [9.17, 15) is 35.9 Å². The second-order valence-electron chi connectivity index (χ2n) is 10.6. The van der Waals surface area contributed by atoms with Crippen molar-refractivity contribution in [2.24, 2.45) is 5.73 Å². The minimum Gasteiger partial charge on any atom is -0.497 e. The van der Waals surface area contributed by atoms with Crippen molar-refractivity contribution in [3.8, 4) is 5.75 Å². The number of alkyl halides is 3. The van der Waals surface area contributed by atoms with Gasteiger partial charge in [-0.25, -0.2) is 17.5 Å². The Hall–Kier alpha value is -4.30. The van der Waals surface area contributed by atoms with Gasteiger partial charge in [0.25, 0.3) is 5.91 Å². The van der Waals surface area contributed by atoms with Crippen LogP contribution in [0.25, 0.3) is 0 Å². The third-order valence-electron chi connectivity index (χ3n) is 7.19. The second kappa shape index (κ2) is 14.9. The van der Waals surface area contributed by atoms with Crippen molar-refractivity contribution in [1.29, 1.82) is 0 Å². The highest BCUT2D eigenvalue weighted by Gasteiger charge is 2.31. The zero-order chi connectivity index (χ0) is 33.5. The molecule has 13 heteroatoms. The van der Waals surface area contributed by atoms with Crippen molar-refractivity contribution in [3.63, 3.8) is 0 Å². The fourth-order valence-electron chi connectivity index (χ4n) is 4.70. The first-order valence-electron chi connectivity index (χ1n) is 14.1. The van der Waals surface area contributed by atoms with Crippen LogP contribution >= 0.6 is 0 Å². The van der Waals surface area contributed by atoms with E-state index in [1.54, 1.807) is 24.3 Å². The summed E-state index contributed by atoms with van der Waals surface area (Å²) in [5.41, 5.74) is 6.61. The van der Waals surface area contributed by atoms with Gasteiger partial charge in [0.05, 0.1) is 23.7 Å². The molecule has 0 saturated heterocycles. The molecule has 0 unspecified atom stereocenters. The number of halogens is 4. The predicted octanol–water partition coefficient (Wildman–Crippen LogP) is 4.90. The van der Waals surface area contributed by atoms with Crippen molar-refractivity contribution in [2.75, 3.05) is 13.7 Å². The number of carbonyl (C=O) groups is 1. The standard InChI is InChI=1S/C33H33F4N3O5S/c1-45-28-9-3-5-23(16-28)19-39-46(43,44)29-10-4-7-25(18-29)32(42)40(20-24-6-2-8-26(15-24)33(35,36)37)21-31(41)30(38)17-22-11-13-27(34)14-12-22/h2-16,18,30-31,39,41H,17,19-21,38H2,1H3/t30-,31+/m0/s1. The number of hydrogen-bond donors (Lipinski definition) is 3. The lowest BCUT2D eigenvalue weighted by atomic mass is 10.0. The zero-order valence-electron chi connectivity index (χ0n) is 24.7. The van der Waals surface area contributed by atoms with Gasteiger partial charge in [-0.1, -0.05) is 42.5 Å². The number of nitrogens with two attached hydrogens (primary N) is 1. The molecule has 0 radical (unpaired) electrons. The van der Waals surface area contributed by atoms with Crippen molar-refractivity contribution in [3.05, 3.63) is 131 Å². The first-order chi connectivity index (χ1) is 21.7. The van der Waals surface area contributed by atoms with E-state index < -0.39 is 45.6 Å². The number of methoxy groups -OCH3 is 1. The first kappa shape index (κ1) is 34.6. The van der Waals surface area contributed by atoms with E-state index in [1.165, 1.54) is 61.7 Å². The Morgan fingerprint density at radius 2 is 1.61 bits per heavy atom. The van der Waals surface area contributed by atoms with Gasteiger partial charge in [-0.05, 0) is 77.7 Å². The topological polar surface area (TPSA) is 122 Å². The summed E-state index contributed by atoms with van der Waals surface area (Å²) in [6, 6.07) is 21.0. The number of rotatable bonds is 13. The fourth-order valence-corrected chi connectivity index (χ4v) is 5.76. The Bertz CT molecular complexity index is 1750. The van der Waals surface area contributed by atoms with E-state index >= 15 is 0 Å². The molecular weight excluding hydrogens is 626 g/mol. The van der Waals surface area contributed by atoms with Gasteiger partial charge in [-0.2, -0.15) is 13.2 Å². The van der Waals surface area contributed by atoms with Gasteiger partial charge in [-0.15, -0.1) is 0 Å². The summed E-state index contributed by atoms with van der Waals surface area (Å²) in [6.07, 6.45) is -5.83. The molecular formula is C33H33F4N3O5S. The van der Waals surface area contributed by atoms with Gasteiger partial charge in [0, 0.05) is 31.2 Å². The molecule has 4 rings (SSSR count). The Labute approximate surface area is 264 Å². The number of aliphatic hydroxyl groups is 1. The maximum absolute atomic E-state index is 13.8. The van der Waals surface area contributed by atoms with Crippen LogP contribution in [0, 0.1) is 5.82 Å². The molecule has 0 heterocycles. The molecule has 0 spiro atoms. The maximum atomic E-state index is 13.8. The van der Waals surface area contributed by atoms with Crippen LogP contribution in [0.1, 0.15) is 32.6 Å². The highest BCUT2D eigenvalue weighted by atomic mass is 32.2. The lowest BCUT2D eigenvalue weighted by molar-refractivity contribution is -0.137. The summed E-state index contributed by atoms with van der Waals surface area (Å²) in [6.45, 7) is -0.784. The van der Waals surface area contributed by atoms with Crippen LogP contribution in [0.2, 0.25) is 0 Å². The normalized spacial score (nSPS) is 13.2. The number of aliphatic hydroxyl groups excluding tert-OH is 1. The van der Waals surface area contributed by atoms with Crippen molar-refractivity contribution < 1.29 is 40.6 Å². The fraction of sp³-hybridized carbons (Fsp3) is 0.242. The molecule has 4 aromatic carbocycles. The number of carbonyl (C=O) groups excluding carboxylic acids is 1. The van der Waals surface area contributed by atoms with Gasteiger partial charge >= 0.3 is 6.18 Å². The van der Waals surface area contributed by atoms with Gasteiger partial charge in [-0.3, -0.25) is 4.79 Å². The Morgan fingerprint density at radius 1 is 0.935 bits per heavy atom. The third kappa shape index (κ3) is 9.36. The minimum absolute atomic E-state index is 0.0580. The molecule has 0 aliphatic carbocycles. The molecule has 0 bridgehead atoms. The Balaban J connectivity index is 1.58. The molecule has 0 aromatic heterocycles. The third-order valence-corrected chi connectivity index (χ3v) is 8.59. The van der Waals surface area contributed by atoms with Crippen LogP contribution < -0.4 is 15.2 Å². The molecule has 4 N–H and O–H groups in total. The van der Waals surface area contributed by atoms with Gasteiger partial charge < -0.3 is 20.5 Å². The SMILES string of the molecule is COc1cccc(CNS(=O)(=O)c2cccc(C(=O)N(Cc3cccc(C(F)(F)F)c3)C[C@@H](O)[C@@H](N)Cc3ccc(F)cc3)c2)c1. The molecule has 46 heavy (non-hydrogen) atoms. The van der Waals surface area contributed by atoms with Crippen molar-refractivity contribution >= 4 is 15.9 Å². The highest BCUT2D eigenvalue weighted by molar-refractivity contribution is 7.89. The zero-order valence-corrected chi connectivity index (χ0v) is 25.6. The van der Waals surface area contributed by atoms with Crippen LogP contribution in [0.4, 0.5) is 17.6 Å². The monoisotopic (exact) mass is 659 g/mol. The minimum atomic E-state index is -4.62. The smallest absolute Gasteiger partial charge is 0.416 e. The number of benzene rings is 4. The molecule has 0 aliphatic heterocycles. The highest BCUT2D eigenvalue weighted by Crippen LogP contribution is 2.30. The average molecular weight is 660 g/mol. The second-order valence-corrected chi connectivity index (χ2v) is 12.4. The number of nitrogens with one attached hydrogen (secondary N) is 1. The lowest BCUT2D eigenvalue weighted by Gasteiger charge is -2.29. The van der Waals surface area contributed by atoms with Crippen LogP contribution in [0.5, 0.6) is 5.75 Å². The number of ether oxygens (including phenoxy) is 1. The van der Waals surface area contributed by atoms with E-state index in [0.717, 1.165) is 23.1 Å². The largest absolute Gasteiger partial charge is 0.497 e. The molecule has 244 valence electrons. The number of nitrogens with zero attached hydrogens (tertiary/aromatic N) is 1. The molecule has 8 nitrogen and oxygen atoms in total. The quantitative estimate of drug-likeness (QED) is 0.176. The van der Waals surface area contributed by atoms with E-state index in [4.69, 9.17) is 10.5 Å². The summed E-state index contributed by atoms with van der Waals surface area (Å²) in [5.74, 6) is -0.643. The summed E-state index contributed by atoms with van der Waals surface area (Å²) >= 11 is 0. The summed E-state index contributed by atoms with van der Waals surface area (Å²) in [5, 5.41) is 11.0. The number of amides is 1. The average Bonchev–Trinajstić information content (AvgIpc) is 3.04. The Kier molecular flexibility index (Phi) is 11.2. The summed E-state index contributed by atoms with van der Waals surface area (Å²) in [4.78, 5) is 14.7. The van der Waals surface area contributed by atoms with Crippen LogP contribution in [0.15, 0.2) is 102 Å². The van der Waals surface area contributed by atoms with Gasteiger partial charge in [0.15, 0.2) is 0 Å². The predicted molar refractivity (Wildman–Crippen MR) is 164 cm³/mol. The number of sulfonamides is 1. The van der Waals surface area contributed by atoms with E-state index in [0.29, 0.717) is 16.9 Å². The molecule has 2 atom stereocenters. The first-order valence-corrected chi connectivity index (χ1v) is 15.6. The van der Waals surface area contributed by atoms with Crippen LogP contribution in [-0.4, -0.2) is 50.1 Å². The number of hydrogen-bond acceptors (Lipinski definition) is 6. The van der Waals surface area contributed by atoms with Gasteiger partial charge in [0.1, 0.15) is 11.6 Å². The van der Waals surface area contributed by atoms with E-state index in [2.05, 4.69) is 4.72 Å². The Morgan fingerprint density at radius 3 is 2.30 bits per heavy atom. The van der Waals surface area contributed by atoms with Crippen LogP contribution in [-0.2, 0) is 35.7 Å². The molecule has 0 aliphatic rings. The van der Waals surface area contributed by atoms with Crippen molar-refractivity contribution in [1.82, 2.24) is 9.62 Å². The lowest BCUT2D eigenvalue weighted by Crippen LogP contribution is -2.46. The van der Waals surface area contributed by atoms with E-state index in [1.807, 2.05) is 0 Å². The van der Waals surface area contributed by atoms with E-state index in [-0.39, 0.29) is 42.1 Å². The summed E-state index contributed by atoms with van der Waals surface area (Å²) < 4.78 is 87.5. The molecule has 1 amide bonds. The van der Waals surface area contributed by atoms with Crippen molar-refractivity contribution in [2.45, 2.75) is 42.7 Å². The molecule has 0 saturated carbocycles. The summed E-state index contributed by atoms with van der Waals surface area (Å²) in [7, 11) is -2.61. The van der Waals surface area contributed by atoms with Gasteiger partial charge in [0.2, 0.25) is 10.0 Å². The molecule has 4 aromatic rings.